The van der Waals surface area contributed by atoms with Crippen LogP contribution >= 0.6 is 0 Å². The Morgan fingerprint density at radius 1 is 1.26 bits per heavy atom. The molecule has 6 heteroatoms. The van der Waals surface area contributed by atoms with E-state index in [0.717, 1.165) is 22.7 Å². The minimum absolute atomic E-state index is 0.206. The van der Waals surface area contributed by atoms with E-state index in [1.165, 1.54) is 0 Å². The summed E-state index contributed by atoms with van der Waals surface area (Å²) in [4.78, 5) is 34.1. The molecular weight excluding hydrogens is 342 g/mol. The molecule has 0 unspecified atom stereocenters. The molecular formula is C21H21N3O3. The van der Waals surface area contributed by atoms with Crippen molar-refractivity contribution < 1.29 is 9.21 Å². The van der Waals surface area contributed by atoms with Gasteiger partial charge in [0.25, 0.3) is 11.5 Å². The maximum atomic E-state index is 12.9. The van der Waals surface area contributed by atoms with Crippen LogP contribution < -0.4 is 5.56 Å². The van der Waals surface area contributed by atoms with Gasteiger partial charge in [-0.05, 0) is 31.0 Å². The van der Waals surface area contributed by atoms with Crippen LogP contribution in [0.1, 0.15) is 44.5 Å². The summed E-state index contributed by atoms with van der Waals surface area (Å²) < 4.78 is 5.89. The lowest BCUT2D eigenvalue weighted by molar-refractivity contribution is 0.0725. The highest BCUT2D eigenvalue weighted by molar-refractivity contribution is 5.95. The van der Waals surface area contributed by atoms with Gasteiger partial charge in [0.05, 0.1) is 6.54 Å². The van der Waals surface area contributed by atoms with Crippen LogP contribution in [0.2, 0.25) is 0 Å². The van der Waals surface area contributed by atoms with E-state index in [9.17, 15) is 9.59 Å². The second-order valence-corrected chi connectivity index (χ2v) is 6.96. The lowest BCUT2D eigenvalue weighted by atomic mass is 10.1. The Hall–Kier alpha value is -3.15. The first-order valence-electron chi connectivity index (χ1n) is 9.02. The van der Waals surface area contributed by atoms with Crippen LogP contribution in [0.3, 0.4) is 0 Å². The number of nitrogens with one attached hydrogen (secondary N) is 1. The Labute approximate surface area is 156 Å². The Balaban J connectivity index is 1.55. The van der Waals surface area contributed by atoms with E-state index in [2.05, 4.69) is 9.97 Å². The number of rotatable bonds is 3. The van der Waals surface area contributed by atoms with E-state index < -0.39 is 0 Å². The van der Waals surface area contributed by atoms with Crippen LogP contribution in [0.15, 0.2) is 45.6 Å². The summed E-state index contributed by atoms with van der Waals surface area (Å²) >= 11 is 0. The predicted molar refractivity (Wildman–Crippen MR) is 101 cm³/mol. The first kappa shape index (κ1) is 17.3. The Bertz CT molecular complexity index is 1050. The SMILES string of the molecule is Cc1cc(C)c(C(=O)N2CCc3oc(Cc4ccccc4)nc3C2)c(=O)[nH]1. The molecule has 3 heterocycles. The highest BCUT2D eigenvalue weighted by Crippen LogP contribution is 2.22. The normalized spacial score (nSPS) is 13.5. The largest absolute Gasteiger partial charge is 0.445 e. The summed E-state index contributed by atoms with van der Waals surface area (Å²) in [6.45, 7) is 4.47. The molecule has 6 nitrogen and oxygen atoms in total. The zero-order chi connectivity index (χ0) is 19.0. The van der Waals surface area contributed by atoms with E-state index in [0.29, 0.717) is 37.4 Å². The quantitative estimate of drug-likeness (QED) is 0.776. The zero-order valence-electron chi connectivity index (χ0n) is 15.4. The molecule has 2 aromatic heterocycles. The van der Waals surface area contributed by atoms with Gasteiger partial charge < -0.3 is 14.3 Å². The summed E-state index contributed by atoms with van der Waals surface area (Å²) in [7, 11) is 0. The average molecular weight is 363 g/mol. The lowest BCUT2D eigenvalue weighted by Gasteiger charge is -2.25. The van der Waals surface area contributed by atoms with E-state index in [4.69, 9.17) is 4.42 Å². The molecule has 138 valence electrons. The van der Waals surface area contributed by atoms with Gasteiger partial charge in [0, 0.05) is 25.1 Å². The summed E-state index contributed by atoms with van der Waals surface area (Å²) in [5.74, 6) is 1.23. The first-order valence-corrected chi connectivity index (χ1v) is 9.02. The first-order chi connectivity index (χ1) is 13.0. The van der Waals surface area contributed by atoms with Crippen LogP contribution in [0, 0.1) is 13.8 Å². The van der Waals surface area contributed by atoms with Gasteiger partial charge in [-0.3, -0.25) is 9.59 Å². The van der Waals surface area contributed by atoms with Crippen molar-refractivity contribution in [3.63, 3.8) is 0 Å². The number of pyridine rings is 1. The van der Waals surface area contributed by atoms with Crippen LogP contribution in [0.25, 0.3) is 0 Å². The van der Waals surface area contributed by atoms with Gasteiger partial charge in [-0.25, -0.2) is 4.98 Å². The number of H-pyrrole nitrogens is 1. The Morgan fingerprint density at radius 3 is 2.78 bits per heavy atom. The predicted octanol–water partition coefficient (Wildman–Crippen LogP) is 2.77. The number of aromatic nitrogens is 2. The summed E-state index contributed by atoms with van der Waals surface area (Å²) in [5, 5.41) is 0. The molecule has 1 aromatic carbocycles. The molecule has 1 aliphatic heterocycles. The van der Waals surface area contributed by atoms with E-state index in [1.807, 2.05) is 36.4 Å². The topological polar surface area (TPSA) is 79.2 Å². The Morgan fingerprint density at radius 2 is 2.04 bits per heavy atom. The lowest BCUT2D eigenvalue weighted by Crippen LogP contribution is -2.39. The molecule has 0 aliphatic carbocycles. The van der Waals surface area contributed by atoms with Crippen molar-refractivity contribution in [3.8, 4) is 0 Å². The van der Waals surface area contributed by atoms with Crippen molar-refractivity contribution in [1.82, 2.24) is 14.9 Å². The molecule has 27 heavy (non-hydrogen) atoms. The molecule has 0 spiro atoms. The van der Waals surface area contributed by atoms with Gasteiger partial charge in [0.1, 0.15) is 17.0 Å². The minimum atomic E-state index is -0.340. The van der Waals surface area contributed by atoms with Gasteiger partial charge in [0.2, 0.25) is 0 Å². The van der Waals surface area contributed by atoms with Gasteiger partial charge in [-0.1, -0.05) is 30.3 Å². The number of aryl methyl sites for hydroxylation is 2. The number of carbonyl (C=O) groups is 1. The third-order valence-corrected chi connectivity index (χ3v) is 4.84. The highest BCUT2D eigenvalue weighted by atomic mass is 16.4. The molecule has 0 saturated heterocycles. The summed E-state index contributed by atoms with van der Waals surface area (Å²) in [6, 6.07) is 11.8. The molecule has 0 radical (unpaired) electrons. The number of nitrogens with zero attached hydrogens (tertiary/aromatic N) is 2. The van der Waals surface area contributed by atoms with Gasteiger partial charge >= 0.3 is 0 Å². The molecule has 4 rings (SSSR count). The van der Waals surface area contributed by atoms with E-state index in [-0.39, 0.29) is 17.0 Å². The van der Waals surface area contributed by atoms with Gasteiger partial charge in [-0.15, -0.1) is 0 Å². The smallest absolute Gasteiger partial charge is 0.261 e. The third-order valence-electron chi connectivity index (χ3n) is 4.84. The van der Waals surface area contributed by atoms with E-state index >= 15 is 0 Å². The second kappa shape index (κ2) is 6.87. The summed E-state index contributed by atoms with van der Waals surface area (Å²) in [6.07, 6.45) is 1.23. The number of carbonyl (C=O) groups excluding carboxylic acids is 1. The maximum Gasteiger partial charge on any atom is 0.261 e. The van der Waals surface area contributed by atoms with E-state index in [1.54, 1.807) is 18.7 Å². The Kier molecular flexibility index (Phi) is 4.39. The second-order valence-electron chi connectivity index (χ2n) is 6.96. The van der Waals surface area contributed by atoms with Crippen molar-refractivity contribution in [2.45, 2.75) is 33.2 Å². The van der Waals surface area contributed by atoms with Crippen LogP contribution in [-0.2, 0) is 19.4 Å². The standard InChI is InChI=1S/C21H21N3O3/c1-13-10-14(2)22-20(25)19(13)21(26)24-9-8-17-16(12-24)23-18(27-17)11-15-6-4-3-5-7-15/h3-7,10H,8-9,11-12H2,1-2H3,(H,22,25). The number of hydrogen-bond donors (Lipinski definition) is 1. The van der Waals surface area contributed by atoms with Crippen molar-refractivity contribution >= 4 is 5.91 Å². The van der Waals surface area contributed by atoms with Crippen molar-refractivity contribution in [3.05, 3.63) is 86.5 Å². The molecule has 0 fully saturated rings. The fourth-order valence-electron chi connectivity index (χ4n) is 3.55. The van der Waals surface area contributed by atoms with Gasteiger partial charge in [-0.2, -0.15) is 0 Å². The van der Waals surface area contributed by atoms with Crippen LogP contribution in [-0.4, -0.2) is 27.3 Å². The number of benzene rings is 1. The molecule has 1 amide bonds. The maximum absolute atomic E-state index is 12.9. The zero-order valence-corrected chi connectivity index (χ0v) is 15.4. The molecule has 0 saturated carbocycles. The number of fused-ring (bicyclic) bond motifs is 1. The third kappa shape index (κ3) is 3.43. The number of oxazole rings is 1. The number of hydrogen-bond acceptors (Lipinski definition) is 4. The van der Waals surface area contributed by atoms with Crippen LogP contribution in [0.5, 0.6) is 0 Å². The minimum Gasteiger partial charge on any atom is -0.445 e. The molecule has 0 atom stereocenters. The average Bonchev–Trinajstić information content (AvgIpc) is 3.02. The van der Waals surface area contributed by atoms with Crippen molar-refractivity contribution in [2.24, 2.45) is 0 Å². The molecule has 3 aromatic rings. The molecule has 1 aliphatic rings. The highest BCUT2D eigenvalue weighted by Gasteiger charge is 2.28. The monoisotopic (exact) mass is 363 g/mol. The number of amides is 1. The number of aromatic amines is 1. The van der Waals surface area contributed by atoms with Crippen LogP contribution in [0.4, 0.5) is 0 Å². The van der Waals surface area contributed by atoms with Crippen molar-refractivity contribution in [2.75, 3.05) is 6.54 Å². The van der Waals surface area contributed by atoms with Crippen molar-refractivity contribution in [1.29, 1.82) is 0 Å². The fourth-order valence-corrected chi connectivity index (χ4v) is 3.55. The van der Waals surface area contributed by atoms with Gasteiger partial charge in [0.15, 0.2) is 5.89 Å². The molecule has 1 N–H and O–H groups in total. The molecule has 0 bridgehead atoms. The summed E-state index contributed by atoms with van der Waals surface area (Å²) in [5.41, 5.74) is 3.21. The fraction of sp³-hybridized carbons (Fsp3) is 0.286.